The van der Waals surface area contributed by atoms with Crippen LogP contribution in [0.2, 0.25) is 0 Å². The zero-order valence-corrected chi connectivity index (χ0v) is 15.0. The number of hydrogen-bond donors (Lipinski definition) is 2. The number of piperidine rings is 1. The first-order chi connectivity index (χ1) is 11.3. The highest BCUT2D eigenvalue weighted by atomic mass is 32.2. The van der Waals surface area contributed by atoms with E-state index in [2.05, 4.69) is 29.2 Å². The summed E-state index contributed by atoms with van der Waals surface area (Å²) in [5, 5.41) is 17.7. The first-order valence-electron chi connectivity index (χ1n) is 8.00. The molecule has 0 bridgehead atoms. The van der Waals surface area contributed by atoms with Crippen molar-refractivity contribution in [3.05, 3.63) is 23.8 Å². The second-order valence-corrected chi connectivity index (χ2v) is 7.99. The first kappa shape index (κ1) is 18.7. The Labute approximate surface area is 144 Å². The van der Waals surface area contributed by atoms with Crippen LogP contribution in [-0.2, 0) is 10.0 Å². The van der Waals surface area contributed by atoms with Gasteiger partial charge >= 0.3 is 0 Å². The van der Waals surface area contributed by atoms with Crippen LogP contribution in [0.15, 0.2) is 23.1 Å². The van der Waals surface area contributed by atoms with E-state index in [1.807, 2.05) is 6.07 Å². The summed E-state index contributed by atoms with van der Waals surface area (Å²) >= 11 is 0. The summed E-state index contributed by atoms with van der Waals surface area (Å²) in [5.74, 6) is 0. The lowest BCUT2D eigenvalue weighted by atomic mass is 10.0. The standard InChI is InChI=1S/C16H25N5O2S/c1-20(2)9-10-21-7-5-14(6-8-21)19-16-4-3-15(24(18,22)23)11-13(16)12-17/h3-4,11,14,19H,5-10H2,1-2H3,(H2,18,22,23). The van der Waals surface area contributed by atoms with Gasteiger partial charge in [-0.1, -0.05) is 0 Å². The summed E-state index contributed by atoms with van der Waals surface area (Å²) in [6.45, 7) is 4.14. The fraction of sp³-hybridized carbons (Fsp3) is 0.562. The van der Waals surface area contributed by atoms with Crippen molar-refractivity contribution in [3.8, 4) is 6.07 Å². The number of rotatable bonds is 6. The molecule has 24 heavy (non-hydrogen) atoms. The lowest BCUT2D eigenvalue weighted by Crippen LogP contribution is -2.41. The smallest absolute Gasteiger partial charge is 0.238 e. The predicted molar refractivity (Wildman–Crippen MR) is 94.2 cm³/mol. The van der Waals surface area contributed by atoms with Crippen LogP contribution >= 0.6 is 0 Å². The highest BCUT2D eigenvalue weighted by Gasteiger charge is 2.20. The summed E-state index contributed by atoms with van der Waals surface area (Å²) in [5.41, 5.74) is 0.966. The minimum atomic E-state index is -3.80. The average Bonchev–Trinajstić information content (AvgIpc) is 2.53. The molecule has 0 amide bonds. The van der Waals surface area contributed by atoms with Crippen molar-refractivity contribution >= 4 is 15.7 Å². The van der Waals surface area contributed by atoms with Gasteiger partial charge in [0.25, 0.3) is 0 Å². The van der Waals surface area contributed by atoms with Gasteiger partial charge in [-0.05, 0) is 45.1 Å². The lowest BCUT2D eigenvalue weighted by Gasteiger charge is -2.33. The van der Waals surface area contributed by atoms with Crippen molar-refractivity contribution in [2.45, 2.75) is 23.8 Å². The molecule has 1 aromatic rings. The Balaban J connectivity index is 1.97. The Morgan fingerprint density at radius 3 is 2.58 bits per heavy atom. The number of nitrogens with one attached hydrogen (secondary N) is 1. The van der Waals surface area contributed by atoms with Gasteiger partial charge in [-0.2, -0.15) is 5.26 Å². The number of anilines is 1. The third-order valence-electron chi connectivity index (χ3n) is 4.25. The maximum Gasteiger partial charge on any atom is 0.238 e. The SMILES string of the molecule is CN(C)CCN1CCC(Nc2ccc(S(N)(=O)=O)cc2C#N)CC1. The highest BCUT2D eigenvalue weighted by Crippen LogP contribution is 2.22. The molecule has 1 heterocycles. The Hall–Kier alpha value is -1.66. The lowest BCUT2D eigenvalue weighted by molar-refractivity contribution is 0.199. The van der Waals surface area contributed by atoms with Gasteiger partial charge in [-0.3, -0.25) is 0 Å². The fourth-order valence-corrected chi connectivity index (χ4v) is 3.32. The molecule has 0 atom stereocenters. The minimum absolute atomic E-state index is 0.0388. The van der Waals surface area contributed by atoms with E-state index in [0.29, 0.717) is 11.3 Å². The topological polar surface area (TPSA) is 102 Å². The van der Waals surface area contributed by atoms with Crippen LogP contribution in [0.25, 0.3) is 0 Å². The monoisotopic (exact) mass is 351 g/mol. The minimum Gasteiger partial charge on any atom is -0.381 e. The summed E-state index contributed by atoms with van der Waals surface area (Å²) < 4.78 is 22.8. The van der Waals surface area contributed by atoms with E-state index in [0.717, 1.165) is 39.0 Å². The molecule has 0 aliphatic carbocycles. The van der Waals surface area contributed by atoms with Crippen molar-refractivity contribution < 1.29 is 8.42 Å². The van der Waals surface area contributed by atoms with Crippen LogP contribution in [0.3, 0.4) is 0 Å². The summed E-state index contributed by atoms with van der Waals surface area (Å²) in [7, 11) is 0.349. The number of likely N-dealkylation sites (tertiary alicyclic amines) is 1. The molecule has 8 heteroatoms. The first-order valence-corrected chi connectivity index (χ1v) is 9.55. The third kappa shape index (κ3) is 5.18. The number of nitriles is 1. The molecule has 0 radical (unpaired) electrons. The molecule has 2 rings (SSSR count). The highest BCUT2D eigenvalue weighted by molar-refractivity contribution is 7.89. The van der Waals surface area contributed by atoms with E-state index < -0.39 is 10.0 Å². The zero-order valence-electron chi connectivity index (χ0n) is 14.2. The van der Waals surface area contributed by atoms with Crippen LogP contribution in [0.5, 0.6) is 0 Å². The molecule has 0 aromatic heterocycles. The molecule has 1 fully saturated rings. The van der Waals surface area contributed by atoms with Gasteiger partial charge < -0.3 is 15.1 Å². The Morgan fingerprint density at radius 2 is 2.04 bits per heavy atom. The van der Waals surface area contributed by atoms with Crippen molar-refractivity contribution in [2.24, 2.45) is 5.14 Å². The zero-order chi connectivity index (χ0) is 17.7. The van der Waals surface area contributed by atoms with Crippen LogP contribution in [0, 0.1) is 11.3 Å². The molecule has 3 N–H and O–H groups in total. The van der Waals surface area contributed by atoms with Gasteiger partial charge in [0.2, 0.25) is 10.0 Å². The molecule has 0 spiro atoms. The molecule has 132 valence electrons. The number of benzene rings is 1. The molecule has 7 nitrogen and oxygen atoms in total. The van der Waals surface area contributed by atoms with Gasteiger partial charge in [0.1, 0.15) is 6.07 Å². The van der Waals surface area contributed by atoms with Crippen molar-refractivity contribution in [3.63, 3.8) is 0 Å². The number of nitrogens with zero attached hydrogens (tertiary/aromatic N) is 3. The predicted octanol–water partition coefficient (Wildman–Crippen LogP) is 0.644. The van der Waals surface area contributed by atoms with E-state index in [4.69, 9.17) is 5.14 Å². The summed E-state index contributed by atoms with van der Waals surface area (Å²) in [4.78, 5) is 4.58. The van der Waals surface area contributed by atoms with Gasteiger partial charge in [0.05, 0.1) is 16.1 Å². The third-order valence-corrected chi connectivity index (χ3v) is 5.16. The van der Waals surface area contributed by atoms with Crippen molar-refractivity contribution in [2.75, 3.05) is 45.6 Å². The summed E-state index contributed by atoms with van der Waals surface area (Å²) in [6, 6.07) is 6.71. The van der Waals surface area contributed by atoms with Crippen LogP contribution in [0.4, 0.5) is 5.69 Å². The molecule has 1 saturated heterocycles. The molecule has 1 aromatic carbocycles. The van der Waals surface area contributed by atoms with E-state index in [1.54, 1.807) is 6.07 Å². The number of likely N-dealkylation sites (N-methyl/N-ethyl adjacent to an activating group) is 1. The number of nitrogens with two attached hydrogens (primary N) is 1. The quantitative estimate of drug-likeness (QED) is 0.780. The van der Waals surface area contributed by atoms with Gasteiger partial charge in [-0.25, -0.2) is 13.6 Å². The molecule has 1 aliphatic rings. The maximum atomic E-state index is 11.4. The molecule has 0 saturated carbocycles. The van der Waals surface area contributed by atoms with Crippen molar-refractivity contribution in [1.82, 2.24) is 9.80 Å². The van der Waals surface area contributed by atoms with E-state index >= 15 is 0 Å². The maximum absolute atomic E-state index is 11.4. The van der Waals surface area contributed by atoms with Crippen LogP contribution in [-0.4, -0.2) is 64.5 Å². The molecular formula is C16H25N5O2S. The van der Waals surface area contributed by atoms with Crippen molar-refractivity contribution in [1.29, 1.82) is 5.26 Å². The van der Waals surface area contributed by atoms with E-state index in [1.165, 1.54) is 12.1 Å². The number of primary sulfonamides is 1. The summed E-state index contributed by atoms with van der Waals surface area (Å²) in [6.07, 6.45) is 1.99. The number of sulfonamides is 1. The van der Waals surface area contributed by atoms with Gasteiger partial charge in [-0.15, -0.1) is 0 Å². The van der Waals surface area contributed by atoms with Gasteiger partial charge in [0.15, 0.2) is 0 Å². The largest absolute Gasteiger partial charge is 0.381 e. The molecule has 0 unspecified atom stereocenters. The van der Waals surface area contributed by atoms with E-state index in [-0.39, 0.29) is 10.9 Å². The normalized spacial score (nSPS) is 17.0. The van der Waals surface area contributed by atoms with Crippen LogP contribution < -0.4 is 10.5 Å². The molecule has 1 aliphatic heterocycles. The Kier molecular flexibility index (Phi) is 6.18. The van der Waals surface area contributed by atoms with Crippen LogP contribution in [0.1, 0.15) is 18.4 Å². The Morgan fingerprint density at radius 1 is 1.38 bits per heavy atom. The van der Waals surface area contributed by atoms with Gasteiger partial charge in [0, 0.05) is 32.2 Å². The number of hydrogen-bond acceptors (Lipinski definition) is 6. The second kappa shape index (κ2) is 7.94. The average molecular weight is 351 g/mol. The Bertz CT molecular complexity index is 704. The fourth-order valence-electron chi connectivity index (χ4n) is 2.78. The van der Waals surface area contributed by atoms with E-state index in [9.17, 15) is 13.7 Å². The molecular weight excluding hydrogens is 326 g/mol. The second-order valence-electron chi connectivity index (χ2n) is 6.43.